The number of pyridine rings is 1. The van der Waals surface area contributed by atoms with E-state index in [0.717, 1.165) is 16.8 Å². The van der Waals surface area contributed by atoms with Gasteiger partial charge in [-0.3, -0.25) is 4.79 Å². The molecule has 0 amide bonds. The fourth-order valence-corrected chi connectivity index (χ4v) is 2.61. The summed E-state index contributed by atoms with van der Waals surface area (Å²) in [6.45, 7) is 3.34. The molecule has 3 rings (SSSR count). The summed E-state index contributed by atoms with van der Waals surface area (Å²) in [5.74, 6) is -0.101. The van der Waals surface area contributed by atoms with Gasteiger partial charge in [-0.2, -0.15) is 5.10 Å². The predicted octanol–water partition coefficient (Wildman–Crippen LogP) is 3.58. The first-order valence-electron chi connectivity index (χ1n) is 6.20. The third kappa shape index (κ3) is 1.89. The minimum atomic E-state index is -0.101. The van der Waals surface area contributed by atoms with Gasteiger partial charge in [-0.25, -0.2) is 9.67 Å². The monoisotopic (exact) mass is 285 g/mol. The highest BCUT2D eigenvalue weighted by atomic mass is 35.5. The Bertz CT molecular complexity index is 809. The molecule has 5 heteroatoms. The maximum atomic E-state index is 11.5. The van der Waals surface area contributed by atoms with Crippen LogP contribution in [0.5, 0.6) is 0 Å². The van der Waals surface area contributed by atoms with Gasteiger partial charge in [-0.15, -0.1) is 0 Å². The number of aromatic nitrogens is 3. The maximum Gasteiger partial charge on any atom is 0.164 e. The Hall–Kier alpha value is -2.20. The number of hydrogen-bond donors (Lipinski definition) is 0. The van der Waals surface area contributed by atoms with Gasteiger partial charge in [0.25, 0.3) is 0 Å². The van der Waals surface area contributed by atoms with Gasteiger partial charge in [0.2, 0.25) is 0 Å². The molecule has 20 heavy (non-hydrogen) atoms. The first kappa shape index (κ1) is 12.8. The number of rotatable bonds is 2. The quantitative estimate of drug-likeness (QED) is 0.676. The van der Waals surface area contributed by atoms with E-state index in [2.05, 4.69) is 10.1 Å². The third-order valence-corrected chi connectivity index (χ3v) is 3.58. The second kappa shape index (κ2) is 4.72. The number of carbonyl (C=O) groups is 1. The SMILES string of the molecule is CC(=O)c1cnc2c(c(C)nn2-c2ccccc2)c1Cl. The van der Waals surface area contributed by atoms with E-state index in [1.165, 1.54) is 13.1 Å². The Morgan fingerprint density at radius 3 is 2.60 bits per heavy atom. The molecule has 1 aromatic carbocycles. The molecule has 0 bridgehead atoms. The van der Waals surface area contributed by atoms with Gasteiger partial charge < -0.3 is 0 Å². The molecule has 0 N–H and O–H groups in total. The Balaban J connectivity index is 2.34. The lowest BCUT2D eigenvalue weighted by Crippen LogP contribution is -1.99. The van der Waals surface area contributed by atoms with Crippen LogP contribution in [0.15, 0.2) is 36.5 Å². The van der Waals surface area contributed by atoms with Crippen molar-refractivity contribution < 1.29 is 4.79 Å². The minimum Gasteiger partial charge on any atom is -0.294 e. The molecule has 3 aromatic rings. The zero-order valence-corrected chi connectivity index (χ0v) is 11.8. The van der Waals surface area contributed by atoms with Gasteiger partial charge in [0.1, 0.15) is 0 Å². The molecule has 0 aliphatic heterocycles. The summed E-state index contributed by atoms with van der Waals surface area (Å²) in [5.41, 5.74) is 2.74. The van der Waals surface area contributed by atoms with Crippen LogP contribution >= 0.6 is 11.6 Å². The number of hydrogen-bond acceptors (Lipinski definition) is 3. The first-order valence-corrected chi connectivity index (χ1v) is 6.57. The Labute approximate surface area is 121 Å². The van der Waals surface area contributed by atoms with E-state index >= 15 is 0 Å². The number of Topliss-reactive ketones (excluding diaryl/α,β-unsaturated/α-hetero) is 1. The van der Waals surface area contributed by atoms with Crippen molar-refractivity contribution >= 4 is 28.4 Å². The number of nitrogens with zero attached hydrogens (tertiary/aromatic N) is 3. The average molecular weight is 286 g/mol. The van der Waals surface area contributed by atoms with Crippen molar-refractivity contribution in [2.45, 2.75) is 13.8 Å². The van der Waals surface area contributed by atoms with Crippen molar-refractivity contribution in [3.63, 3.8) is 0 Å². The van der Waals surface area contributed by atoms with E-state index in [1.54, 1.807) is 4.68 Å². The summed E-state index contributed by atoms with van der Waals surface area (Å²) in [4.78, 5) is 15.9. The molecule has 0 fully saturated rings. The summed E-state index contributed by atoms with van der Waals surface area (Å²) in [6.07, 6.45) is 1.51. The number of fused-ring (bicyclic) bond motifs is 1. The van der Waals surface area contributed by atoms with Gasteiger partial charge in [-0.1, -0.05) is 29.8 Å². The molecule has 4 nitrogen and oxygen atoms in total. The minimum absolute atomic E-state index is 0.101. The van der Waals surface area contributed by atoms with Crippen LogP contribution in [0, 0.1) is 6.92 Å². The number of halogens is 1. The van der Waals surface area contributed by atoms with Crippen LogP contribution in [-0.4, -0.2) is 20.5 Å². The van der Waals surface area contributed by atoms with E-state index in [1.807, 2.05) is 37.3 Å². The maximum absolute atomic E-state index is 11.5. The molecule has 0 atom stereocenters. The molecular weight excluding hydrogens is 274 g/mol. The van der Waals surface area contributed by atoms with Crippen molar-refractivity contribution in [1.29, 1.82) is 0 Å². The number of para-hydroxylation sites is 1. The molecule has 2 heterocycles. The summed E-state index contributed by atoms with van der Waals surface area (Å²) < 4.78 is 1.74. The molecule has 0 radical (unpaired) electrons. The van der Waals surface area contributed by atoms with Crippen molar-refractivity contribution in [3.8, 4) is 5.69 Å². The lowest BCUT2D eigenvalue weighted by molar-refractivity contribution is 0.101. The van der Waals surface area contributed by atoms with Gasteiger partial charge in [0.05, 0.1) is 27.4 Å². The van der Waals surface area contributed by atoms with E-state index in [4.69, 9.17) is 11.6 Å². The molecule has 0 unspecified atom stereocenters. The first-order chi connectivity index (χ1) is 9.59. The van der Waals surface area contributed by atoms with Crippen LogP contribution in [0.4, 0.5) is 0 Å². The topological polar surface area (TPSA) is 47.8 Å². The number of benzene rings is 1. The molecule has 0 spiro atoms. The highest BCUT2D eigenvalue weighted by molar-refractivity contribution is 6.38. The Morgan fingerprint density at radius 1 is 1.25 bits per heavy atom. The van der Waals surface area contributed by atoms with E-state index < -0.39 is 0 Å². The van der Waals surface area contributed by atoms with Crippen LogP contribution in [0.3, 0.4) is 0 Å². The second-order valence-electron chi connectivity index (χ2n) is 4.57. The predicted molar refractivity (Wildman–Crippen MR) is 78.6 cm³/mol. The van der Waals surface area contributed by atoms with Crippen LogP contribution in [0.25, 0.3) is 16.7 Å². The summed E-state index contributed by atoms with van der Waals surface area (Å²) in [6, 6.07) is 9.70. The zero-order valence-electron chi connectivity index (χ0n) is 11.1. The highest BCUT2D eigenvalue weighted by Gasteiger charge is 2.17. The summed E-state index contributed by atoms with van der Waals surface area (Å²) >= 11 is 6.33. The van der Waals surface area contributed by atoms with Gasteiger partial charge in [0, 0.05) is 6.20 Å². The molecule has 2 aromatic heterocycles. The van der Waals surface area contributed by atoms with E-state index in [9.17, 15) is 4.79 Å². The molecular formula is C15H12ClN3O. The molecule has 0 aliphatic rings. The molecule has 0 aliphatic carbocycles. The molecule has 0 saturated carbocycles. The van der Waals surface area contributed by atoms with Crippen LogP contribution in [0.2, 0.25) is 5.02 Å². The highest BCUT2D eigenvalue weighted by Crippen LogP contribution is 2.29. The van der Waals surface area contributed by atoms with Crippen molar-refractivity contribution in [2.24, 2.45) is 0 Å². The van der Waals surface area contributed by atoms with Crippen LogP contribution < -0.4 is 0 Å². The number of aryl methyl sites for hydroxylation is 1. The number of carbonyl (C=O) groups excluding carboxylic acids is 1. The zero-order chi connectivity index (χ0) is 14.3. The second-order valence-corrected chi connectivity index (χ2v) is 4.95. The van der Waals surface area contributed by atoms with Crippen LogP contribution in [0.1, 0.15) is 23.0 Å². The largest absolute Gasteiger partial charge is 0.294 e. The van der Waals surface area contributed by atoms with Gasteiger partial charge >= 0.3 is 0 Å². The fourth-order valence-electron chi connectivity index (χ4n) is 2.20. The lowest BCUT2D eigenvalue weighted by atomic mass is 10.1. The van der Waals surface area contributed by atoms with Crippen molar-refractivity contribution in [3.05, 3.63) is 52.8 Å². The Kier molecular flexibility index (Phi) is 3.03. The standard InChI is InChI=1S/C15H12ClN3O/c1-9-13-14(16)12(10(2)20)8-17-15(13)19(18-9)11-6-4-3-5-7-11/h3-8H,1-2H3. The van der Waals surface area contributed by atoms with Crippen LogP contribution in [-0.2, 0) is 0 Å². The van der Waals surface area contributed by atoms with E-state index in [-0.39, 0.29) is 5.78 Å². The summed E-state index contributed by atoms with van der Waals surface area (Å²) in [7, 11) is 0. The normalized spacial score (nSPS) is 10.9. The number of ketones is 1. The van der Waals surface area contributed by atoms with E-state index in [0.29, 0.717) is 16.2 Å². The van der Waals surface area contributed by atoms with Crippen molar-refractivity contribution in [2.75, 3.05) is 0 Å². The third-order valence-electron chi connectivity index (χ3n) is 3.19. The lowest BCUT2D eigenvalue weighted by Gasteiger charge is -2.04. The van der Waals surface area contributed by atoms with Crippen molar-refractivity contribution in [1.82, 2.24) is 14.8 Å². The molecule has 0 saturated heterocycles. The molecule has 100 valence electrons. The fraction of sp³-hybridized carbons (Fsp3) is 0.133. The van der Waals surface area contributed by atoms with Gasteiger partial charge in [0.15, 0.2) is 11.4 Å². The Morgan fingerprint density at radius 2 is 1.95 bits per heavy atom. The average Bonchev–Trinajstić information content (AvgIpc) is 2.78. The smallest absolute Gasteiger partial charge is 0.164 e. The summed E-state index contributed by atoms with van der Waals surface area (Å²) in [5, 5.41) is 5.62. The van der Waals surface area contributed by atoms with Gasteiger partial charge in [-0.05, 0) is 26.0 Å².